The average Bonchev–Trinajstić information content (AvgIpc) is 3.29. The number of carbonyl (C=O) groups is 1. The summed E-state index contributed by atoms with van der Waals surface area (Å²) >= 11 is 12.9. The third kappa shape index (κ3) is 3.90. The van der Waals surface area contributed by atoms with Gasteiger partial charge in [-0.1, -0.05) is 47.5 Å². The van der Waals surface area contributed by atoms with E-state index in [1.165, 1.54) is 6.07 Å². The van der Waals surface area contributed by atoms with E-state index in [9.17, 15) is 18.3 Å². The zero-order chi connectivity index (χ0) is 20.8. The van der Waals surface area contributed by atoms with Crippen LogP contribution in [0, 0.1) is 5.92 Å². The van der Waals surface area contributed by atoms with Gasteiger partial charge in [0, 0.05) is 29.5 Å². The highest BCUT2D eigenvalue weighted by molar-refractivity contribution is 7.93. The second kappa shape index (κ2) is 7.68. The largest absolute Gasteiger partial charge is 0.481 e. The van der Waals surface area contributed by atoms with Crippen molar-refractivity contribution in [1.82, 2.24) is 0 Å². The van der Waals surface area contributed by atoms with Gasteiger partial charge in [-0.3, -0.25) is 9.52 Å². The molecule has 0 bridgehead atoms. The van der Waals surface area contributed by atoms with Gasteiger partial charge in [0.2, 0.25) is 0 Å². The van der Waals surface area contributed by atoms with Crippen LogP contribution in [-0.4, -0.2) is 32.6 Å². The molecule has 3 aromatic rings. The Bertz CT molecular complexity index is 1210. The number of aliphatic carboxylic acids is 1. The number of hydrogen-bond acceptors (Lipinski definition) is 5. The number of benzene rings is 2. The topological polar surface area (TPSA) is 86.7 Å². The third-order valence-corrected chi connectivity index (χ3v) is 8.06. The highest BCUT2D eigenvalue weighted by Crippen LogP contribution is 2.38. The summed E-state index contributed by atoms with van der Waals surface area (Å²) in [7, 11) is -3.91. The summed E-state index contributed by atoms with van der Waals surface area (Å²) in [4.78, 5) is 13.3. The van der Waals surface area contributed by atoms with Crippen molar-refractivity contribution < 1.29 is 18.3 Å². The van der Waals surface area contributed by atoms with Gasteiger partial charge >= 0.3 is 5.97 Å². The molecule has 1 aromatic heterocycles. The van der Waals surface area contributed by atoms with Crippen molar-refractivity contribution in [2.24, 2.45) is 5.92 Å². The van der Waals surface area contributed by atoms with Gasteiger partial charge in [0.05, 0.1) is 15.9 Å². The molecule has 1 saturated heterocycles. The fourth-order valence-corrected chi connectivity index (χ4v) is 6.77. The minimum Gasteiger partial charge on any atom is -0.481 e. The van der Waals surface area contributed by atoms with Crippen molar-refractivity contribution in [2.45, 2.75) is 11.3 Å². The Hall–Kier alpha value is -2.00. The standard InChI is InChI=1S/C19H16Cl2N2O4S2/c20-17-9-16(18(21)28-17)29(26,27)22-14-5-6-15(13-4-2-1-3-12(13)14)23-8-7-11(10-23)19(24)25/h1-6,9,11,22H,7-8,10H2,(H,24,25)/t11-/m0/s1. The summed E-state index contributed by atoms with van der Waals surface area (Å²) in [6.07, 6.45) is 0.579. The molecule has 2 heterocycles. The molecule has 152 valence electrons. The van der Waals surface area contributed by atoms with Crippen LogP contribution in [0.2, 0.25) is 8.67 Å². The summed E-state index contributed by atoms with van der Waals surface area (Å²) in [6.45, 7) is 1.06. The van der Waals surface area contributed by atoms with Crippen LogP contribution < -0.4 is 9.62 Å². The van der Waals surface area contributed by atoms with Crippen LogP contribution in [0.25, 0.3) is 10.8 Å². The molecule has 6 nitrogen and oxygen atoms in total. The van der Waals surface area contributed by atoms with Gasteiger partial charge in [-0.25, -0.2) is 8.42 Å². The molecule has 2 aromatic carbocycles. The maximum atomic E-state index is 12.8. The van der Waals surface area contributed by atoms with E-state index in [1.54, 1.807) is 6.07 Å². The highest BCUT2D eigenvalue weighted by atomic mass is 35.5. The first-order valence-corrected chi connectivity index (χ1v) is 11.8. The van der Waals surface area contributed by atoms with Gasteiger partial charge in [0.25, 0.3) is 10.0 Å². The van der Waals surface area contributed by atoms with E-state index in [2.05, 4.69) is 4.72 Å². The molecule has 1 fully saturated rings. The Labute approximate surface area is 181 Å². The Morgan fingerprint density at radius 1 is 1.17 bits per heavy atom. The SMILES string of the molecule is O=C(O)[C@H]1CCN(c2ccc(NS(=O)(=O)c3cc(Cl)sc3Cl)c3ccccc23)C1. The van der Waals surface area contributed by atoms with E-state index < -0.39 is 21.9 Å². The predicted octanol–water partition coefficient (Wildman–Crippen LogP) is 4.92. The zero-order valence-electron chi connectivity index (χ0n) is 14.9. The molecule has 4 rings (SSSR count). The first-order chi connectivity index (χ1) is 13.8. The maximum Gasteiger partial charge on any atom is 0.308 e. The lowest BCUT2D eigenvalue weighted by atomic mass is 10.1. The lowest BCUT2D eigenvalue weighted by molar-refractivity contribution is -0.140. The van der Waals surface area contributed by atoms with Crippen molar-refractivity contribution >= 4 is 72.7 Å². The fourth-order valence-electron chi connectivity index (χ4n) is 3.54. The number of hydrogen-bond donors (Lipinski definition) is 2. The molecule has 29 heavy (non-hydrogen) atoms. The molecule has 1 aliphatic rings. The molecular formula is C19H16Cl2N2O4S2. The lowest BCUT2D eigenvalue weighted by Crippen LogP contribution is -2.23. The second-order valence-corrected chi connectivity index (χ2v) is 10.7. The molecule has 1 atom stereocenters. The Balaban J connectivity index is 1.73. The minimum atomic E-state index is -3.91. The Kier molecular flexibility index (Phi) is 5.37. The van der Waals surface area contributed by atoms with Crippen LogP contribution in [0.3, 0.4) is 0 Å². The van der Waals surface area contributed by atoms with E-state index in [0.717, 1.165) is 22.4 Å². The number of carboxylic acid groups (broad SMARTS) is 1. The number of sulfonamides is 1. The molecule has 0 unspecified atom stereocenters. The Morgan fingerprint density at radius 3 is 2.52 bits per heavy atom. The van der Waals surface area contributed by atoms with Gasteiger partial charge < -0.3 is 10.0 Å². The molecule has 10 heteroatoms. The van der Waals surface area contributed by atoms with Gasteiger partial charge in [0.1, 0.15) is 9.23 Å². The number of anilines is 2. The molecule has 0 saturated carbocycles. The van der Waals surface area contributed by atoms with Crippen molar-refractivity contribution in [3.05, 3.63) is 51.1 Å². The summed E-state index contributed by atoms with van der Waals surface area (Å²) in [5, 5.41) is 10.8. The van der Waals surface area contributed by atoms with E-state index in [0.29, 0.717) is 30.6 Å². The van der Waals surface area contributed by atoms with Crippen LogP contribution in [0.1, 0.15) is 6.42 Å². The summed E-state index contributed by atoms with van der Waals surface area (Å²) in [5.74, 6) is -1.20. The molecule has 2 N–H and O–H groups in total. The summed E-state index contributed by atoms with van der Waals surface area (Å²) in [5.41, 5.74) is 1.29. The molecular weight excluding hydrogens is 455 g/mol. The Morgan fingerprint density at radius 2 is 1.90 bits per heavy atom. The number of halogens is 2. The van der Waals surface area contributed by atoms with Crippen LogP contribution in [-0.2, 0) is 14.8 Å². The van der Waals surface area contributed by atoms with Crippen LogP contribution in [0.5, 0.6) is 0 Å². The van der Waals surface area contributed by atoms with Crippen molar-refractivity contribution in [1.29, 1.82) is 0 Å². The summed E-state index contributed by atoms with van der Waals surface area (Å²) in [6, 6.07) is 12.2. The fraction of sp³-hybridized carbons (Fsp3) is 0.211. The van der Waals surface area contributed by atoms with E-state index in [4.69, 9.17) is 23.2 Å². The number of thiophene rings is 1. The first kappa shape index (κ1) is 20.3. The van der Waals surface area contributed by atoms with Gasteiger partial charge in [-0.15, -0.1) is 11.3 Å². The van der Waals surface area contributed by atoms with Crippen molar-refractivity contribution in [2.75, 3.05) is 22.7 Å². The highest BCUT2D eigenvalue weighted by Gasteiger charge is 2.29. The predicted molar refractivity (Wildman–Crippen MR) is 117 cm³/mol. The van der Waals surface area contributed by atoms with E-state index >= 15 is 0 Å². The molecule has 1 aliphatic heterocycles. The quantitative estimate of drug-likeness (QED) is 0.552. The lowest BCUT2D eigenvalue weighted by Gasteiger charge is -2.22. The number of rotatable bonds is 5. The van der Waals surface area contributed by atoms with Crippen molar-refractivity contribution in [3.63, 3.8) is 0 Å². The van der Waals surface area contributed by atoms with E-state index in [1.807, 2.05) is 35.2 Å². The minimum absolute atomic E-state index is 0.0637. The number of fused-ring (bicyclic) bond motifs is 1. The smallest absolute Gasteiger partial charge is 0.308 e. The normalized spacial score (nSPS) is 17.0. The van der Waals surface area contributed by atoms with Crippen LogP contribution in [0.4, 0.5) is 11.4 Å². The molecule has 0 spiro atoms. The third-order valence-electron chi connectivity index (χ3n) is 4.94. The second-order valence-electron chi connectivity index (χ2n) is 6.74. The number of carboxylic acids is 1. The first-order valence-electron chi connectivity index (χ1n) is 8.73. The monoisotopic (exact) mass is 470 g/mol. The zero-order valence-corrected chi connectivity index (χ0v) is 18.1. The molecule has 0 radical (unpaired) electrons. The van der Waals surface area contributed by atoms with Gasteiger partial charge in [-0.2, -0.15) is 0 Å². The maximum absolute atomic E-state index is 12.8. The van der Waals surface area contributed by atoms with Crippen LogP contribution >= 0.6 is 34.5 Å². The van der Waals surface area contributed by atoms with Gasteiger partial charge in [0.15, 0.2) is 0 Å². The van der Waals surface area contributed by atoms with Gasteiger partial charge in [-0.05, 0) is 24.6 Å². The summed E-state index contributed by atoms with van der Waals surface area (Å²) < 4.78 is 28.6. The average molecular weight is 471 g/mol. The molecule has 0 amide bonds. The van der Waals surface area contributed by atoms with Crippen LogP contribution in [0.15, 0.2) is 47.4 Å². The number of nitrogens with one attached hydrogen (secondary N) is 1. The van der Waals surface area contributed by atoms with E-state index in [-0.39, 0.29) is 13.6 Å². The molecule has 0 aliphatic carbocycles. The number of nitrogens with zero attached hydrogens (tertiary/aromatic N) is 1. The van der Waals surface area contributed by atoms with Crippen molar-refractivity contribution in [3.8, 4) is 0 Å².